The van der Waals surface area contributed by atoms with E-state index >= 15 is 0 Å². The van der Waals surface area contributed by atoms with Crippen molar-refractivity contribution in [1.29, 1.82) is 0 Å². The lowest BCUT2D eigenvalue weighted by molar-refractivity contribution is -0.142. The Morgan fingerprint density at radius 1 is 1.06 bits per heavy atom. The summed E-state index contributed by atoms with van der Waals surface area (Å²) >= 11 is 0. The van der Waals surface area contributed by atoms with Gasteiger partial charge in [-0.1, -0.05) is 11.1 Å². The third-order valence-corrected chi connectivity index (χ3v) is 4.52. The summed E-state index contributed by atoms with van der Waals surface area (Å²) < 4.78 is 0. The number of carboxylic acid groups (broad SMARTS) is 2. The van der Waals surface area contributed by atoms with Crippen LogP contribution in [0.25, 0.3) is 0 Å². The van der Waals surface area contributed by atoms with Gasteiger partial charge in [0.2, 0.25) is 0 Å². The van der Waals surface area contributed by atoms with Gasteiger partial charge < -0.3 is 10.2 Å². The molecular weight excluding hydrogens is 208 g/mol. The molecule has 2 bridgehead atoms. The van der Waals surface area contributed by atoms with Crippen LogP contribution in [0.15, 0.2) is 11.1 Å². The lowest BCUT2D eigenvalue weighted by atomic mass is 9.82. The molecule has 2 N–H and O–H groups in total. The van der Waals surface area contributed by atoms with E-state index in [1.54, 1.807) is 0 Å². The third-order valence-electron chi connectivity index (χ3n) is 4.52. The molecule has 3 rings (SSSR count). The van der Waals surface area contributed by atoms with Gasteiger partial charge in [0.25, 0.3) is 0 Å². The van der Waals surface area contributed by atoms with E-state index in [4.69, 9.17) is 10.2 Å². The first-order valence-corrected chi connectivity index (χ1v) is 5.78. The van der Waals surface area contributed by atoms with Crippen molar-refractivity contribution < 1.29 is 19.8 Å². The summed E-state index contributed by atoms with van der Waals surface area (Å²) in [6.07, 6.45) is 3.19. The maximum absolute atomic E-state index is 11.1. The highest BCUT2D eigenvalue weighted by Gasteiger charge is 2.52. The number of hydrogen-bond donors (Lipinski definition) is 2. The highest BCUT2D eigenvalue weighted by molar-refractivity contribution is 5.79. The van der Waals surface area contributed by atoms with E-state index in [1.807, 2.05) is 0 Å². The number of rotatable bonds is 2. The molecular formula is C12H14O4. The van der Waals surface area contributed by atoms with Crippen LogP contribution in [0.5, 0.6) is 0 Å². The summed E-state index contributed by atoms with van der Waals surface area (Å²) in [6, 6.07) is 0. The van der Waals surface area contributed by atoms with Crippen molar-refractivity contribution >= 4 is 11.9 Å². The molecule has 0 spiro atoms. The lowest BCUT2D eigenvalue weighted by Crippen LogP contribution is -2.23. The van der Waals surface area contributed by atoms with Crippen LogP contribution in [-0.4, -0.2) is 22.2 Å². The van der Waals surface area contributed by atoms with E-state index in [0.29, 0.717) is 18.3 Å². The molecule has 86 valence electrons. The topological polar surface area (TPSA) is 74.6 Å². The molecule has 4 heteroatoms. The number of carboxylic acids is 2. The molecule has 0 radical (unpaired) electrons. The molecule has 0 aliphatic heterocycles. The second-order valence-corrected chi connectivity index (χ2v) is 5.15. The maximum Gasteiger partial charge on any atom is 0.310 e. The zero-order valence-corrected chi connectivity index (χ0v) is 8.85. The average molecular weight is 222 g/mol. The Morgan fingerprint density at radius 3 is 2.38 bits per heavy atom. The molecule has 16 heavy (non-hydrogen) atoms. The molecule has 4 unspecified atom stereocenters. The van der Waals surface area contributed by atoms with Crippen molar-refractivity contribution in [2.45, 2.75) is 25.7 Å². The van der Waals surface area contributed by atoms with Gasteiger partial charge in [-0.15, -0.1) is 0 Å². The summed E-state index contributed by atoms with van der Waals surface area (Å²) in [7, 11) is 0. The predicted molar refractivity (Wildman–Crippen MR) is 54.7 cm³/mol. The van der Waals surface area contributed by atoms with Crippen LogP contribution in [0.4, 0.5) is 0 Å². The van der Waals surface area contributed by atoms with Crippen molar-refractivity contribution in [3.05, 3.63) is 11.1 Å². The molecule has 0 aromatic carbocycles. The van der Waals surface area contributed by atoms with Crippen molar-refractivity contribution in [1.82, 2.24) is 0 Å². The van der Waals surface area contributed by atoms with Crippen LogP contribution in [0, 0.1) is 23.7 Å². The van der Waals surface area contributed by atoms with E-state index in [2.05, 4.69) is 0 Å². The van der Waals surface area contributed by atoms with E-state index in [0.717, 1.165) is 30.4 Å². The molecule has 0 aromatic heterocycles. The van der Waals surface area contributed by atoms with Crippen LogP contribution in [0.2, 0.25) is 0 Å². The Balaban J connectivity index is 2.02. The average Bonchev–Trinajstić information content (AvgIpc) is 2.87. The SMILES string of the molecule is O=C(O)C1CC2CC1=C1C(C(=O)O)CCC12. The zero-order valence-electron chi connectivity index (χ0n) is 8.85. The van der Waals surface area contributed by atoms with Gasteiger partial charge in [0.05, 0.1) is 11.8 Å². The van der Waals surface area contributed by atoms with E-state index in [-0.39, 0.29) is 0 Å². The quantitative estimate of drug-likeness (QED) is 0.694. The highest BCUT2D eigenvalue weighted by atomic mass is 16.4. The van der Waals surface area contributed by atoms with Gasteiger partial charge in [-0.05, 0) is 37.5 Å². The van der Waals surface area contributed by atoms with Gasteiger partial charge in [-0.3, -0.25) is 9.59 Å². The van der Waals surface area contributed by atoms with Gasteiger partial charge in [0.15, 0.2) is 0 Å². The van der Waals surface area contributed by atoms with Gasteiger partial charge >= 0.3 is 11.9 Å². The largest absolute Gasteiger partial charge is 0.481 e. The van der Waals surface area contributed by atoms with E-state index in [9.17, 15) is 9.59 Å². The Kier molecular flexibility index (Phi) is 1.91. The molecule has 3 aliphatic carbocycles. The summed E-state index contributed by atoms with van der Waals surface area (Å²) in [6.45, 7) is 0. The Hall–Kier alpha value is -1.32. The van der Waals surface area contributed by atoms with E-state index < -0.39 is 23.8 Å². The monoisotopic (exact) mass is 222 g/mol. The smallest absolute Gasteiger partial charge is 0.310 e. The molecule has 2 fully saturated rings. The summed E-state index contributed by atoms with van der Waals surface area (Å²) in [4.78, 5) is 22.2. The molecule has 4 atom stereocenters. The number of aliphatic carboxylic acids is 2. The van der Waals surface area contributed by atoms with E-state index in [1.165, 1.54) is 0 Å². The third kappa shape index (κ3) is 1.10. The van der Waals surface area contributed by atoms with Crippen LogP contribution in [0.3, 0.4) is 0 Å². The molecule has 2 saturated carbocycles. The van der Waals surface area contributed by atoms with Gasteiger partial charge in [-0.25, -0.2) is 0 Å². The summed E-state index contributed by atoms with van der Waals surface area (Å²) in [5.41, 5.74) is 1.93. The molecule has 0 saturated heterocycles. The number of hydrogen-bond acceptors (Lipinski definition) is 2. The molecule has 0 aromatic rings. The van der Waals surface area contributed by atoms with Crippen molar-refractivity contribution in [3.8, 4) is 0 Å². The van der Waals surface area contributed by atoms with Gasteiger partial charge in [-0.2, -0.15) is 0 Å². The first-order valence-electron chi connectivity index (χ1n) is 5.78. The van der Waals surface area contributed by atoms with Crippen LogP contribution in [0.1, 0.15) is 25.7 Å². The predicted octanol–water partition coefficient (Wildman–Crippen LogP) is 1.52. The first kappa shape index (κ1) is 9.87. The second-order valence-electron chi connectivity index (χ2n) is 5.15. The van der Waals surface area contributed by atoms with Crippen molar-refractivity contribution in [2.24, 2.45) is 23.7 Å². The van der Waals surface area contributed by atoms with Crippen molar-refractivity contribution in [3.63, 3.8) is 0 Å². The minimum atomic E-state index is -0.778. The molecule has 3 aliphatic rings. The number of fused-ring (bicyclic) bond motifs is 4. The number of carbonyl (C=O) groups is 2. The fourth-order valence-electron chi connectivity index (χ4n) is 3.95. The summed E-state index contributed by atoms with van der Waals surface area (Å²) in [5, 5.41) is 18.2. The van der Waals surface area contributed by atoms with Gasteiger partial charge in [0, 0.05) is 0 Å². The standard InChI is InChI=1S/C12H14O4/c13-11(14)7-2-1-6-5-3-8(10(6)7)9(4-5)12(15)16/h5-7,9H,1-4H2,(H,13,14)(H,15,16). The van der Waals surface area contributed by atoms with Gasteiger partial charge in [0.1, 0.15) is 0 Å². The molecule has 4 nitrogen and oxygen atoms in total. The molecule has 0 amide bonds. The Labute approximate surface area is 93.0 Å². The Morgan fingerprint density at radius 2 is 1.75 bits per heavy atom. The molecule has 0 heterocycles. The normalized spacial score (nSPS) is 40.2. The maximum atomic E-state index is 11.1. The Bertz CT molecular complexity index is 409. The fourth-order valence-corrected chi connectivity index (χ4v) is 3.95. The zero-order chi connectivity index (χ0) is 11.4. The van der Waals surface area contributed by atoms with Crippen LogP contribution in [-0.2, 0) is 9.59 Å². The highest BCUT2D eigenvalue weighted by Crippen LogP contribution is 2.58. The minimum Gasteiger partial charge on any atom is -0.481 e. The fraction of sp³-hybridized carbons (Fsp3) is 0.667. The first-order chi connectivity index (χ1) is 7.59. The minimum absolute atomic E-state index is 0.381. The lowest BCUT2D eigenvalue weighted by Gasteiger charge is -2.22. The second kappa shape index (κ2) is 3.09. The van der Waals surface area contributed by atoms with Crippen LogP contribution >= 0.6 is 0 Å². The van der Waals surface area contributed by atoms with Crippen molar-refractivity contribution in [2.75, 3.05) is 0 Å². The van der Waals surface area contributed by atoms with Crippen LogP contribution < -0.4 is 0 Å². The summed E-state index contributed by atoms with van der Waals surface area (Å²) in [5.74, 6) is -1.55.